The molecule has 2 bridgehead atoms. The van der Waals surface area contributed by atoms with Crippen LogP contribution in [0.15, 0.2) is 0 Å². The summed E-state index contributed by atoms with van der Waals surface area (Å²) in [7, 11) is 0.244. The molecule has 224 valence electrons. The van der Waals surface area contributed by atoms with E-state index in [2.05, 4.69) is 27.7 Å². The van der Waals surface area contributed by atoms with E-state index >= 15 is 0 Å². The first kappa shape index (κ1) is 29.9. The van der Waals surface area contributed by atoms with Gasteiger partial charge in [0, 0.05) is 0 Å². The second-order valence-electron chi connectivity index (χ2n) is 16.7. The summed E-state index contributed by atoms with van der Waals surface area (Å²) in [5, 5.41) is 1.20. The van der Waals surface area contributed by atoms with E-state index in [1.807, 2.05) is 0 Å². The zero-order chi connectivity index (χ0) is 27.0. The van der Waals surface area contributed by atoms with Crippen molar-refractivity contribution >= 4 is 15.8 Å². The maximum Gasteiger partial charge on any atom is -0.0112 e. The molecule has 2 heteroatoms. The van der Waals surface area contributed by atoms with Gasteiger partial charge in [0.2, 0.25) is 0 Å². The fraction of sp³-hybridized carbons (Fsp3) is 1.00. The molecule has 6 aliphatic rings. The summed E-state index contributed by atoms with van der Waals surface area (Å²) in [6, 6.07) is 0. The van der Waals surface area contributed by atoms with Crippen LogP contribution in [0.25, 0.3) is 0 Å². The van der Waals surface area contributed by atoms with E-state index in [0.29, 0.717) is 10.3 Å². The Hall–Kier alpha value is 0.860. The van der Waals surface area contributed by atoms with Crippen molar-refractivity contribution in [1.82, 2.24) is 0 Å². The summed E-state index contributed by atoms with van der Waals surface area (Å²) in [4.78, 5) is 0. The zero-order valence-electron chi connectivity index (χ0n) is 26.8. The lowest BCUT2D eigenvalue weighted by Gasteiger charge is -2.59. The fourth-order valence-corrected chi connectivity index (χ4v) is 22.7. The van der Waals surface area contributed by atoms with Crippen LogP contribution in [0, 0.1) is 23.7 Å². The van der Waals surface area contributed by atoms with Crippen molar-refractivity contribution in [2.24, 2.45) is 23.7 Å². The highest BCUT2D eigenvalue weighted by Gasteiger charge is 2.62. The molecule has 0 aromatic rings. The van der Waals surface area contributed by atoms with Gasteiger partial charge in [-0.2, -0.15) is 0 Å². The van der Waals surface area contributed by atoms with Gasteiger partial charge >= 0.3 is 0 Å². The van der Waals surface area contributed by atoms with Crippen LogP contribution < -0.4 is 0 Å². The first-order valence-electron chi connectivity index (χ1n) is 18.5. The molecule has 6 aliphatic carbocycles. The highest BCUT2D eigenvalue weighted by molar-refractivity contribution is 7.61. The molecule has 0 radical (unpaired) electrons. The first-order chi connectivity index (χ1) is 18.9. The van der Waals surface area contributed by atoms with Crippen LogP contribution in [0.2, 0.25) is 0 Å². The Morgan fingerprint density at radius 1 is 0.359 bits per heavy atom. The second kappa shape index (κ2) is 12.8. The van der Waals surface area contributed by atoms with Gasteiger partial charge in [0.05, 0.1) is 0 Å². The normalized spacial score (nSPS) is 34.9. The lowest BCUT2D eigenvalue weighted by Crippen LogP contribution is -2.51. The largest absolute Gasteiger partial charge is 0.0942 e. The van der Waals surface area contributed by atoms with Gasteiger partial charge in [0.1, 0.15) is 0 Å². The molecule has 4 unspecified atom stereocenters. The third-order valence-electron chi connectivity index (χ3n) is 13.8. The van der Waals surface area contributed by atoms with Crippen molar-refractivity contribution in [2.45, 2.75) is 208 Å². The van der Waals surface area contributed by atoms with Crippen molar-refractivity contribution in [3.8, 4) is 0 Å². The van der Waals surface area contributed by atoms with Crippen molar-refractivity contribution in [3.63, 3.8) is 0 Å². The summed E-state index contributed by atoms with van der Waals surface area (Å²) in [6.07, 6.45) is 36.1. The number of rotatable bonds is 8. The Bertz CT molecular complexity index is 662. The van der Waals surface area contributed by atoms with Gasteiger partial charge < -0.3 is 0 Å². The molecule has 6 rings (SSSR count). The van der Waals surface area contributed by atoms with Crippen LogP contribution in [0.5, 0.6) is 0 Å². The minimum absolute atomic E-state index is 0.122. The number of fused-ring (bicyclic) bond motifs is 2. The van der Waals surface area contributed by atoms with Crippen LogP contribution in [-0.4, -0.2) is 32.9 Å². The first-order valence-corrected chi connectivity index (χ1v) is 21.4. The average molecular weight is 573 g/mol. The smallest absolute Gasteiger partial charge is 0.0112 e. The van der Waals surface area contributed by atoms with Crippen LogP contribution in [0.4, 0.5) is 0 Å². The molecule has 6 fully saturated rings. The van der Waals surface area contributed by atoms with E-state index in [1.165, 1.54) is 25.7 Å². The van der Waals surface area contributed by atoms with Crippen molar-refractivity contribution in [3.05, 3.63) is 0 Å². The number of hydrogen-bond donors (Lipinski definition) is 0. The van der Waals surface area contributed by atoms with Crippen LogP contribution >= 0.6 is 15.8 Å². The minimum Gasteiger partial charge on any atom is -0.0942 e. The minimum atomic E-state index is 0.122. The van der Waals surface area contributed by atoms with E-state index in [-0.39, 0.29) is 15.8 Å². The molecular weight excluding hydrogens is 506 g/mol. The molecule has 0 N–H and O–H groups in total. The van der Waals surface area contributed by atoms with E-state index in [1.54, 1.807) is 122 Å². The molecule has 0 spiro atoms. The van der Waals surface area contributed by atoms with Gasteiger partial charge in [-0.1, -0.05) is 121 Å². The lowest BCUT2D eigenvalue weighted by molar-refractivity contribution is 0.146. The monoisotopic (exact) mass is 572 g/mol. The summed E-state index contributed by atoms with van der Waals surface area (Å²) in [5.41, 5.74) is 4.42. The molecule has 0 amide bonds. The van der Waals surface area contributed by atoms with Crippen molar-refractivity contribution in [2.75, 3.05) is 0 Å². The Labute approximate surface area is 247 Å². The Morgan fingerprint density at radius 3 is 0.872 bits per heavy atom. The molecule has 0 heterocycles. The lowest BCUT2D eigenvalue weighted by atomic mass is 9.68. The van der Waals surface area contributed by atoms with Gasteiger partial charge in [-0.05, 0) is 127 Å². The summed E-state index contributed by atoms with van der Waals surface area (Å²) < 4.78 is 0. The molecule has 4 atom stereocenters. The van der Waals surface area contributed by atoms with Gasteiger partial charge in [-0.15, -0.1) is 0 Å². The second-order valence-corrected chi connectivity index (χ2v) is 23.5. The van der Waals surface area contributed by atoms with E-state index in [4.69, 9.17) is 0 Å². The maximum absolute atomic E-state index is 2.92. The van der Waals surface area contributed by atoms with E-state index in [9.17, 15) is 0 Å². The fourth-order valence-electron chi connectivity index (χ4n) is 12.6. The van der Waals surface area contributed by atoms with Gasteiger partial charge in [-0.25, -0.2) is 0 Å². The Morgan fingerprint density at radius 2 is 0.615 bits per heavy atom. The predicted octanol–water partition coefficient (Wildman–Crippen LogP) is 12.5. The molecule has 6 saturated carbocycles. The summed E-state index contributed by atoms with van der Waals surface area (Å²) in [5.74, 6) is 4.22. The summed E-state index contributed by atoms with van der Waals surface area (Å²) >= 11 is 0. The predicted molar refractivity (Wildman–Crippen MR) is 177 cm³/mol. The molecule has 0 aromatic carbocycles. The average Bonchev–Trinajstić information content (AvgIpc) is 3.58. The van der Waals surface area contributed by atoms with Gasteiger partial charge in [0.15, 0.2) is 0 Å². The third kappa shape index (κ3) is 5.99. The molecule has 0 saturated heterocycles. The topological polar surface area (TPSA) is 0 Å². The van der Waals surface area contributed by atoms with E-state index in [0.717, 1.165) is 46.3 Å². The Balaban J connectivity index is 1.35. The van der Waals surface area contributed by atoms with Crippen LogP contribution in [0.1, 0.15) is 175 Å². The third-order valence-corrected chi connectivity index (χ3v) is 22.2. The highest BCUT2D eigenvalue weighted by atomic mass is 31.1. The Kier molecular flexibility index (Phi) is 9.85. The van der Waals surface area contributed by atoms with Gasteiger partial charge in [-0.3, -0.25) is 0 Å². The highest BCUT2D eigenvalue weighted by Crippen LogP contribution is 2.76. The van der Waals surface area contributed by atoms with E-state index < -0.39 is 0 Å². The van der Waals surface area contributed by atoms with Gasteiger partial charge in [0.25, 0.3) is 0 Å². The van der Waals surface area contributed by atoms with Crippen molar-refractivity contribution in [1.29, 1.82) is 0 Å². The van der Waals surface area contributed by atoms with Crippen molar-refractivity contribution < 1.29 is 0 Å². The van der Waals surface area contributed by atoms with Crippen LogP contribution in [0.3, 0.4) is 0 Å². The van der Waals surface area contributed by atoms with Crippen LogP contribution in [-0.2, 0) is 0 Å². The summed E-state index contributed by atoms with van der Waals surface area (Å²) in [6.45, 7) is 11.7. The quantitative estimate of drug-likeness (QED) is 0.254. The number of hydrogen-bond acceptors (Lipinski definition) is 0. The maximum atomic E-state index is 2.92. The SMILES string of the molecule is CC(C)(C1C2CCC(C2)C1C(C)(C)P(C1CCCCC1)C1CCCCC1)P(C1CCCCC1)C1CCCCC1. The molecule has 0 nitrogen and oxygen atoms in total. The molecule has 39 heavy (non-hydrogen) atoms. The molecular formula is C37H66P2. The molecule has 0 aromatic heterocycles. The zero-order valence-corrected chi connectivity index (χ0v) is 28.6. The standard InChI is InChI=1S/C37H66P2/c1-36(2,38(30-17-9-5-10-18-30)31-19-11-6-12-20-31)34-28-25-26-29(27-28)35(34)37(3,4)39(32-21-13-7-14-22-32)33-23-15-8-16-24-33/h28-35H,5-27H2,1-4H3. The molecule has 0 aliphatic heterocycles.